The maximum Gasteiger partial charge on any atom is 0.500 e. The van der Waals surface area contributed by atoms with Gasteiger partial charge >= 0.3 is 8.80 Å². The molecule has 0 unspecified atom stereocenters. The third-order valence-corrected chi connectivity index (χ3v) is 6.60. The summed E-state index contributed by atoms with van der Waals surface area (Å²) in [6.45, 7) is 0. The summed E-state index contributed by atoms with van der Waals surface area (Å²) >= 11 is 0. The van der Waals surface area contributed by atoms with Crippen molar-refractivity contribution in [2.75, 3.05) is 26.6 Å². The van der Waals surface area contributed by atoms with Crippen LogP contribution < -0.4 is 5.32 Å². The predicted molar refractivity (Wildman–Crippen MR) is 101 cm³/mol. The smallest absolute Gasteiger partial charge is 0.377 e. The Kier molecular flexibility index (Phi) is 7.21. The SMILES string of the molecule is CO[Si](CCC=Cc1ccc(Nc2ccccc2)cc1)(OC)OC. The predicted octanol–water partition coefficient (Wildman–Crippen LogP) is 4.71. The highest BCUT2D eigenvalue weighted by atomic mass is 28.4. The molecule has 0 aliphatic heterocycles. The quantitative estimate of drug-likeness (QED) is 0.669. The average molecular weight is 343 g/mol. The van der Waals surface area contributed by atoms with Crippen molar-refractivity contribution in [1.82, 2.24) is 0 Å². The molecule has 0 amide bonds. The van der Waals surface area contributed by atoms with Crippen LogP contribution in [-0.4, -0.2) is 30.1 Å². The van der Waals surface area contributed by atoms with Crippen LogP contribution in [0.2, 0.25) is 6.04 Å². The summed E-state index contributed by atoms with van der Waals surface area (Å²) in [4.78, 5) is 0. The van der Waals surface area contributed by atoms with Gasteiger partial charge in [-0.05, 0) is 36.2 Å². The van der Waals surface area contributed by atoms with Crippen molar-refractivity contribution < 1.29 is 13.3 Å². The normalized spacial score (nSPS) is 11.8. The molecule has 2 rings (SSSR count). The van der Waals surface area contributed by atoms with Crippen LogP contribution >= 0.6 is 0 Å². The molecule has 2 aromatic rings. The number of anilines is 2. The van der Waals surface area contributed by atoms with Crippen molar-refractivity contribution in [3.63, 3.8) is 0 Å². The molecule has 1 N–H and O–H groups in total. The van der Waals surface area contributed by atoms with Crippen LogP contribution in [0.25, 0.3) is 6.08 Å². The molecule has 24 heavy (non-hydrogen) atoms. The van der Waals surface area contributed by atoms with Crippen LogP contribution in [0.15, 0.2) is 60.7 Å². The lowest BCUT2D eigenvalue weighted by atomic mass is 10.2. The van der Waals surface area contributed by atoms with E-state index in [4.69, 9.17) is 13.3 Å². The number of benzene rings is 2. The second-order valence-corrected chi connectivity index (χ2v) is 8.44. The zero-order chi connectivity index (χ0) is 17.3. The molecular weight excluding hydrogens is 318 g/mol. The molecule has 0 radical (unpaired) electrons. The molecule has 0 bridgehead atoms. The van der Waals surface area contributed by atoms with Crippen molar-refractivity contribution in [2.24, 2.45) is 0 Å². The largest absolute Gasteiger partial charge is 0.500 e. The van der Waals surface area contributed by atoms with Gasteiger partial charge in [-0.2, -0.15) is 0 Å². The van der Waals surface area contributed by atoms with E-state index in [0.29, 0.717) is 0 Å². The van der Waals surface area contributed by atoms with Gasteiger partial charge in [-0.3, -0.25) is 0 Å². The molecule has 0 fully saturated rings. The molecule has 0 aromatic heterocycles. The van der Waals surface area contributed by atoms with E-state index in [-0.39, 0.29) is 0 Å². The van der Waals surface area contributed by atoms with Gasteiger partial charge in [0, 0.05) is 38.7 Å². The van der Waals surface area contributed by atoms with Crippen LogP contribution in [0, 0.1) is 0 Å². The first-order chi connectivity index (χ1) is 11.7. The number of hydrogen-bond donors (Lipinski definition) is 1. The van der Waals surface area contributed by atoms with E-state index in [9.17, 15) is 0 Å². The molecule has 2 aromatic carbocycles. The monoisotopic (exact) mass is 343 g/mol. The highest BCUT2D eigenvalue weighted by Gasteiger charge is 2.36. The Morgan fingerprint density at radius 1 is 0.833 bits per heavy atom. The van der Waals surface area contributed by atoms with Crippen molar-refractivity contribution in [2.45, 2.75) is 12.5 Å². The molecule has 0 saturated heterocycles. The minimum atomic E-state index is -2.47. The van der Waals surface area contributed by atoms with Crippen molar-refractivity contribution in [3.05, 3.63) is 66.2 Å². The second kappa shape index (κ2) is 9.39. The first-order valence-electron chi connectivity index (χ1n) is 7.95. The average Bonchev–Trinajstić information content (AvgIpc) is 2.65. The maximum atomic E-state index is 5.41. The number of nitrogens with one attached hydrogen (secondary N) is 1. The Hall–Kier alpha value is -1.92. The third-order valence-electron chi connectivity index (χ3n) is 3.83. The second-order valence-electron chi connectivity index (χ2n) is 5.35. The fourth-order valence-corrected chi connectivity index (χ4v) is 4.03. The van der Waals surface area contributed by atoms with Gasteiger partial charge in [0.25, 0.3) is 0 Å². The zero-order valence-corrected chi connectivity index (χ0v) is 15.5. The van der Waals surface area contributed by atoms with Gasteiger partial charge in [0.05, 0.1) is 0 Å². The van der Waals surface area contributed by atoms with Gasteiger partial charge < -0.3 is 18.6 Å². The molecule has 0 saturated carbocycles. The Labute approximate surface area is 145 Å². The summed E-state index contributed by atoms with van der Waals surface area (Å²) in [5, 5.41) is 3.37. The fourth-order valence-electron chi connectivity index (χ4n) is 2.40. The van der Waals surface area contributed by atoms with Crippen LogP contribution in [0.5, 0.6) is 0 Å². The van der Waals surface area contributed by atoms with Crippen molar-refractivity contribution in [3.8, 4) is 0 Å². The molecule has 0 atom stereocenters. The first kappa shape index (κ1) is 18.4. The molecule has 0 aliphatic rings. The standard InChI is InChI=1S/C19H25NO3Si/c1-21-24(22-2,23-3)16-8-7-9-17-12-14-19(15-13-17)20-18-10-5-4-6-11-18/h4-7,9-15,20H,8,16H2,1-3H3. The van der Waals surface area contributed by atoms with Gasteiger partial charge in [-0.25, -0.2) is 0 Å². The highest BCUT2D eigenvalue weighted by Crippen LogP contribution is 2.18. The maximum absolute atomic E-state index is 5.41. The minimum absolute atomic E-state index is 0.765. The topological polar surface area (TPSA) is 39.7 Å². The molecular formula is C19H25NO3Si. The lowest BCUT2D eigenvalue weighted by Crippen LogP contribution is -2.42. The van der Waals surface area contributed by atoms with E-state index in [1.165, 1.54) is 0 Å². The van der Waals surface area contributed by atoms with E-state index in [1.54, 1.807) is 21.3 Å². The summed E-state index contributed by atoms with van der Waals surface area (Å²) in [5.41, 5.74) is 3.32. The van der Waals surface area contributed by atoms with Crippen LogP contribution in [-0.2, 0) is 13.3 Å². The van der Waals surface area contributed by atoms with Gasteiger partial charge in [0.1, 0.15) is 0 Å². The molecule has 128 valence electrons. The summed E-state index contributed by atoms with van der Waals surface area (Å²) in [6.07, 6.45) is 5.08. The summed E-state index contributed by atoms with van der Waals surface area (Å²) in [6, 6.07) is 19.2. The van der Waals surface area contributed by atoms with E-state index < -0.39 is 8.80 Å². The summed E-state index contributed by atoms with van der Waals surface area (Å²) in [5.74, 6) is 0. The van der Waals surface area contributed by atoms with E-state index in [0.717, 1.165) is 29.4 Å². The Balaban J connectivity index is 1.87. The lowest BCUT2D eigenvalue weighted by Gasteiger charge is -2.23. The molecule has 0 spiro atoms. The molecule has 5 heteroatoms. The minimum Gasteiger partial charge on any atom is -0.377 e. The van der Waals surface area contributed by atoms with Gasteiger partial charge in [-0.15, -0.1) is 0 Å². The number of allylic oxidation sites excluding steroid dienone is 1. The Morgan fingerprint density at radius 2 is 1.42 bits per heavy atom. The van der Waals surface area contributed by atoms with Gasteiger partial charge in [0.15, 0.2) is 0 Å². The molecule has 4 nitrogen and oxygen atoms in total. The fraction of sp³-hybridized carbons (Fsp3) is 0.263. The van der Waals surface area contributed by atoms with Gasteiger partial charge in [0.2, 0.25) is 0 Å². The highest BCUT2D eigenvalue weighted by molar-refractivity contribution is 6.60. The molecule has 0 aliphatic carbocycles. The summed E-state index contributed by atoms with van der Waals surface area (Å²) < 4.78 is 16.2. The Bertz CT molecular complexity index is 617. The summed E-state index contributed by atoms with van der Waals surface area (Å²) in [7, 11) is 2.45. The van der Waals surface area contributed by atoms with Crippen LogP contribution in [0.3, 0.4) is 0 Å². The van der Waals surface area contributed by atoms with Gasteiger partial charge in [-0.1, -0.05) is 42.5 Å². The lowest BCUT2D eigenvalue weighted by molar-refractivity contribution is 0.124. The molecule has 0 heterocycles. The van der Waals surface area contributed by atoms with E-state index in [2.05, 4.69) is 41.7 Å². The van der Waals surface area contributed by atoms with Crippen molar-refractivity contribution >= 4 is 26.3 Å². The van der Waals surface area contributed by atoms with E-state index >= 15 is 0 Å². The first-order valence-corrected chi connectivity index (χ1v) is 9.88. The number of para-hydroxylation sites is 1. The zero-order valence-electron chi connectivity index (χ0n) is 14.5. The number of hydrogen-bond acceptors (Lipinski definition) is 4. The third kappa shape index (κ3) is 5.32. The Morgan fingerprint density at radius 3 is 2.00 bits per heavy atom. The van der Waals surface area contributed by atoms with E-state index in [1.807, 2.05) is 30.3 Å². The number of rotatable bonds is 9. The van der Waals surface area contributed by atoms with Crippen LogP contribution in [0.4, 0.5) is 11.4 Å². The van der Waals surface area contributed by atoms with Crippen LogP contribution in [0.1, 0.15) is 12.0 Å². The van der Waals surface area contributed by atoms with Crippen molar-refractivity contribution in [1.29, 1.82) is 0 Å².